The Hall–Kier alpha value is -1.55. The van der Waals surface area contributed by atoms with Crippen molar-refractivity contribution >= 4 is 17.5 Å². The number of anilines is 1. The van der Waals surface area contributed by atoms with Crippen molar-refractivity contribution in [1.29, 1.82) is 0 Å². The first kappa shape index (κ1) is 11.0. The number of H-pyrrole nitrogens is 1. The van der Waals surface area contributed by atoms with Crippen molar-refractivity contribution < 1.29 is 4.39 Å². The van der Waals surface area contributed by atoms with Crippen LogP contribution < -0.4 is 5.32 Å². The molecule has 3 nitrogen and oxygen atoms in total. The molecule has 0 bridgehead atoms. The smallest absolute Gasteiger partial charge is 0.200 e. The van der Waals surface area contributed by atoms with Crippen molar-refractivity contribution in [2.45, 2.75) is 6.92 Å². The summed E-state index contributed by atoms with van der Waals surface area (Å²) in [6.07, 6.45) is 1.61. The van der Waals surface area contributed by atoms with Crippen LogP contribution in [0.3, 0.4) is 0 Å². The first-order valence-corrected chi connectivity index (χ1v) is 5.18. The molecule has 1 aromatic heterocycles. The standard InChI is InChI=1S/C11H11ClFN3/c1-6-3-8(12)7(4-9(6)13)10-5-15-11(14-2)16-10/h3-5H,1-2H3,(H2,14,15,16). The monoisotopic (exact) mass is 239 g/mol. The predicted octanol–water partition coefficient (Wildman–Crippen LogP) is 3.22. The van der Waals surface area contributed by atoms with E-state index in [1.54, 1.807) is 26.2 Å². The molecule has 0 spiro atoms. The van der Waals surface area contributed by atoms with Crippen molar-refractivity contribution in [3.8, 4) is 11.3 Å². The van der Waals surface area contributed by atoms with E-state index in [1.165, 1.54) is 6.07 Å². The van der Waals surface area contributed by atoms with Crippen molar-refractivity contribution in [1.82, 2.24) is 9.97 Å². The number of hydrogen-bond acceptors (Lipinski definition) is 2. The Balaban J connectivity index is 2.51. The van der Waals surface area contributed by atoms with Gasteiger partial charge in [0.25, 0.3) is 0 Å². The van der Waals surface area contributed by atoms with Gasteiger partial charge in [0, 0.05) is 12.6 Å². The van der Waals surface area contributed by atoms with Crippen LogP contribution in [-0.2, 0) is 0 Å². The van der Waals surface area contributed by atoms with Crippen molar-refractivity contribution in [2.75, 3.05) is 12.4 Å². The molecule has 1 aromatic carbocycles. The zero-order valence-corrected chi connectivity index (χ0v) is 9.69. The molecule has 84 valence electrons. The van der Waals surface area contributed by atoms with Crippen LogP contribution in [0, 0.1) is 12.7 Å². The van der Waals surface area contributed by atoms with Gasteiger partial charge in [0.2, 0.25) is 0 Å². The Labute approximate surface area is 97.7 Å². The summed E-state index contributed by atoms with van der Waals surface area (Å²) in [5.74, 6) is 0.340. The van der Waals surface area contributed by atoms with Gasteiger partial charge < -0.3 is 10.3 Å². The fourth-order valence-electron chi connectivity index (χ4n) is 1.44. The maximum absolute atomic E-state index is 13.4. The lowest BCUT2D eigenvalue weighted by atomic mass is 10.1. The number of aromatic amines is 1. The van der Waals surface area contributed by atoms with E-state index in [0.717, 1.165) is 0 Å². The fourth-order valence-corrected chi connectivity index (χ4v) is 1.76. The van der Waals surface area contributed by atoms with Crippen LogP contribution in [0.4, 0.5) is 10.3 Å². The molecular weight excluding hydrogens is 229 g/mol. The van der Waals surface area contributed by atoms with Crippen LogP contribution in [0.5, 0.6) is 0 Å². The van der Waals surface area contributed by atoms with Gasteiger partial charge in [-0.2, -0.15) is 0 Å². The van der Waals surface area contributed by atoms with Gasteiger partial charge in [-0.15, -0.1) is 0 Å². The molecule has 0 radical (unpaired) electrons. The Morgan fingerprint density at radius 3 is 2.81 bits per heavy atom. The van der Waals surface area contributed by atoms with E-state index in [1.807, 2.05) is 0 Å². The van der Waals surface area contributed by atoms with Crippen LogP contribution >= 0.6 is 11.6 Å². The average Bonchev–Trinajstić information content (AvgIpc) is 2.71. The lowest BCUT2D eigenvalue weighted by molar-refractivity contribution is 0.619. The lowest BCUT2D eigenvalue weighted by Gasteiger charge is -2.04. The highest BCUT2D eigenvalue weighted by molar-refractivity contribution is 6.33. The van der Waals surface area contributed by atoms with E-state index in [9.17, 15) is 4.39 Å². The number of rotatable bonds is 2. The van der Waals surface area contributed by atoms with Gasteiger partial charge in [-0.25, -0.2) is 9.37 Å². The number of benzene rings is 1. The molecule has 1 heterocycles. The normalized spacial score (nSPS) is 10.5. The number of nitrogens with one attached hydrogen (secondary N) is 2. The van der Waals surface area contributed by atoms with Crippen molar-refractivity contribution in [2.24, 2.45) is 0 Å². The fraction of sp³-hybridized carbons (Fsp3) is 0.182. The van der Waals surface area contributed by atoms with E-state index in [4.69, 9.17) is 11.6 Å². The van der Waals surface area contributed by atoms with Crippen LogP contribution in [0.2, 0.25) is 5.02 Å². The zero-order valence-electron chi connectivity index (χ0n) is 8.94. The first-order chi connectivity index (χ1) is 7.61. The molecule has 0 saturated heterocycles. The lowest BCUT2D eigenvalue weighted by Crippen LogP contribution is -1.90. The molecule has 0 aliphatic carbocycles. The third kappa shape index (κ3) is 1.88. The summed E-state index contributed by atoms with van der Waals surface area (Å²) in [5.41, 5.74) is 1.83. The highest BCUT2D eigenvalue weighted by atomic mass is 35.5. The number of imidazole rings is 1. The van der Waals surface area contributed by atoms with Gasteiger partial charge in [0.05, 0.1) is 16.9 Å². The predicted molar refractivity (Wildman–Crippen MR) is 63.3 cm³/mol. The summed E-state index contributed by atoms with van der Waals surface area (Å²) in [4.78, 5) is 7.05. The van der Waals surface area contributed by atoms with Gasteiger partial charge in [-0.3, -0.25) is 0 Å². The number of halogens is 2. The second-order valence-electron chi connectivity index (χ2n) is 3.48. The van der Waals surface area contributed by atoms with Gasteiger partial charge in [0.1, 0.15) is 5.82 Å². The van der Waals surface area contributed by atoms with Crippen molar-refractivity contribution in [3.63, 3.8) is 0 Å². The minimum absolute atomic E-state index is 0.278. The molecular formula is C11H11ClFN3. The highest BCUT2D eigenvalue weighted by Crippen LogP contribution is 2.29. The number of nitrogens with zero attached hydrogens (tertiary/aromatic N) is 1. The second kappa shape index (κ2) is 4.14. The molecule has 0 aliphatic heterocycles. The molecule has 5 heteroatoms. The molecule has 2 rings (SSSR count). The molecule has 2 N–H and O–H groups in total. The molecule has 0 saturated carbocycles. The maximum Gasteiger partial charge on any atom is 0.200 e. The molecule has 0 fully saturated rings. The third-order valence-electron chi connectivity index (χ3n) is 2.35. The molecule has 0 atom stereocenters. The second-order valence-corrected chi connectivity index (χ2v) is 3.88. The Kier molecular flexibility index (Phi) is 2.83. The van der Waals surface area contributed by atoms with Crippen LogP contribution in [0.1, 0.15) is 5.56 Å². The number of aromatic nitrogens is 2. The minimum Gasteiger partial charge on any atom is -0.359 e. The van der Waals surface area contributed by atoms with Crippen LogP contribution in [-0.4, -0.2) is 17.0 Å². The highest BCUT2D eigenvalue weighted by Gasteiger charge is 2.10. The SMILES string of the molecule is CNc1ncc(-c2cc(F)c(C)cc2Cl)[nH]1. The summed E-state index contributed by atoms with van der Waals surface area (Å²) in [6, 6.07) is 3.01. The average molecular weight is 240 g/mol. The third-order valence-corrected chi connectivity index (χ3v) is 2.66. The summed E-state index contributed by atoms with van der Waals surface area (Å²) in [5, 5.41) is 3.36. The maximum atomic E-state index is 13.4. The number of hydrogen-bond donors (Lipinski definition) is 2. The summed E-state index contributed by atoms with van der Waals surface area (Å²) in [6.45, 7) is 1.68. The van der Waals surface area contributed by atoms with Crippen LogP contribution in [0.15, 0.2) is 18.3 Å². The largest absolute Gasteiger partial charge is 0.359 e. The molecule has 0 amide bonds. The van der Waals surface area contributed by atoms with Gasteiger partial charge in [-0.1, -0.05) is 11.6 Å². The zero-order chi connectivity index (χ0) is 11.7. The van der Waals surface area contributed by atoms with Gasteiger partial charge in [-0.05, 0) is 24.6 Å². The van der Waals surface area contributed by atoms with Crippen LogP contribution in [0.25, 0.3) is 11.3 Å². The quantitative estimate of drug-likeness (QED) is 0.845. The topological polar surface area (TPSA) is 40.7 Å². The molecule has 16 heavy (non-hydrogen) atoms. The minimum atomic E-state index is -0.278. The number of aryl methyl sites for hydroxylation is 1. The first-order valence-electron chi connectivity index (χ1n) is 4.80. The summed E-state index contributed by atoms with van der Waals surface area (Å²) >= 11 is 6.05. The van der Waals surface area contributed by atoms with Gasteiger partial charge >= 0.3 is 0 Å². The molecule has 0 aliphatic rings. The van der Waals surface area contributed by atoms with E-state index in [0.29, 0.717) is 27.8 Å². The molecule has 0 unspecified atom stereocenters. The van der Waals surface area contributed by atoms with E-state index in [2.05, 4.69) is 15.3 Å². The molecule has 2 aromatic rings. The Bertz CT molecular complexity index is 522. The Morgan fingerprint density at radius 2 is 2.19 bits per heavy atom. The Morgan fingerprint density at radius 1 is 1.44 bits per heavy atom. The van der Waals surface area contributed by atoms with Crippen molar-refractivity contribution in [3.05, 3.63) is 34.7 Å². The van der Waals surface area contributed by atoms with E-state index >= 15 is 0 Å². The van der Waals surface area contributed by atoms with E-state index < -0.39 is 0 Å². The van der Waals surface area contributed by atoms with E-state index in [-0.39, 0.29) is 5.82 Å². The summed E-state index contributed by atoms with van der Waals surface area (Å²) < 4.78 is 13.4. The van der Waals surface area contributed by atoms with Gasteiger partial charge in [0.15, 0.2) is 5.95 Å². The summed E-state index contributed by atoms with van der Waals surface area (Å²) in [7, 11) is 1.75.